The van der Waals surface area contributed by atoms with Crippen molar-refractivity contribution in [1.29, 1.82) is 0 Å². The topological polar surface area (TPSA) is 66.5 Å². The first kappa shape index (κ1) is 17.9. The van der Waals surface area contributed by atoms with E-state index in [1.807, 2.05) is 24.3 Å². The SMILES string of the molecule is CC(=O)C(=O)NN(C)C(=O)CC1c2ccccc2CCc2ccccc21. The van der Waals surface area contributed by atoms with E-state index in [1.54, 1.807) is 0 Å². The van der Waals surface area contributed by atoms with Gasteiger partial charge in [-0.05, 0) is 35.1 Å². The number of amides is 2. The molecule has 1 aliphatic carbocycles. The second kappa shape index (κ2) is 7.52. The Morgan fingerprint density at radius 1 is 0.962 bits per heavy atom. The van der Waals surface area contributed by atoms with Crippen LogP contribution in [0.4, 0.5) is 0 Å². The van der Waals surface area contributed by atoms with Crippen molar-refractivity contribution in [3.63, 3.8) is 0 Å². The molecule has 2 amide bonds. The molecule has 5 heteroatoms. The minimum atomic E-state index is -0.789. The highest BCUT2D eigenvalue weighted by atomic mass is 16.2. The summed E-state index contributed by atoms with van der Waals surface area (Å²) in [6.45, 7) is 1.17. The number of rotatable bonds is 3. The molecular formula is C21H22N2O3. The number of carbonyl (C=O) groups excluding carboxylic acids is 3. The molecule has 0 bridgehead atoms. The van der Waals surface area contributed by atoms with Gasteiger partial charge in [-0.25, -0.2) is 0 Å². The van der Waals surface area contributed by atoms with Gasteiger partial charge in [0.2, 0.25) is 11.7 Å². The molecule has 1 aliphatic rings. The van der Waals surface area contributed by atoms with Crippen LogP contribution < -0.4 is 5.43 Å². The molecule has 0 atom stereocenters. The first-order valence-electron chi connectivity index (χ1n) is 8.71. The summed E-state index contributed by atoms with van der Waals surface area (Å²) in [5, 5.41) is 1.11. The van der Waals surface area contributed by atoms with Crippen LogP contribution in [0.1, 0.15) is 41.5 Å². The van der Waals surface area contributed by atoms with E-state index in [4.69, 9.17) is 0 Å². The molecule has 0 fully saturated rings. The number of hydrogen-bond acceptors (Lipinski definition) is 3. The summed E-state index contributed by atoms with van der Waals surface area (Å²) >= 11 is 0. The van der Waals surface area contributed by atoms with Crippen molar-refractivity contribution in [2.75, 3.05) is 7.05 Å². The maximum Gasteiger partial charge on any atom is 0.305 e. The fraction of sp³-hybridized carbons (Fsp3) is 0.286. The van der Waals surface area contributed by atoms with E-state index in [0.717, 1.165) is 29.0 Å². The minimum Gasteiger partial charge on any atom is -0.289 e. The van der Waals surface area contributed by atoms with Crippen molar-refractivity contribution >= 4 is 17.6 Å². The Morgan fingerprint density at radius 2 is 1.46 bits per heavy atom. The highest BCUT2D eigenvalue weighted by Crippen LogP contribution is 2.36. The number of hydrazine groups is 1. The molecule has 1 N–H and O–H groups in total. The first-order valence-corrected chi connectivity index (χ1v) is 8.71. The lowest BCUT2D eigenvalue weighted by atomic mass is 9.85. The zero-order chi connectivity index (χ0) is 18.7. The molecule has 0 radical (unpaired) electrons. The summed E-state index contributed by atoms with van der Waals surface area (Å²) in [7, 11) is 1.47. The van der Waals surface area contributed by atoms with Gasteiger partial charge in [0.1, 0.15) is 0 Å². The van der Waals surface area contributed by atoms with Crippen LogP contribution in [0.25, 0.3) is 0 Å². The third-order valence-corrected chi connectivity index (χ3v) is 4.87. The van der Waals surface area contributed by atoms with E-state index in [-0.39, 0.29) is 18.2 Å². The zero-order valence-electron chi connectivity index (χ0n) is 15.0. The number of Topliss-reactive ketones (excluding diaryl/α,β-unsaturated/α-hetero) is 1. The summed E-state index contributed by atoms with van der Waals surface area (Å²) < 4.78 is 0. The monoisotopic (exact) mass is 350 g/mol. The highest BCUT2D eigenvalue weighted by molar-refractivity contribution is 6.35. The second-order valence-corrected chi connectivity index (χ2v) is 6.60. The van der Waals surface area contributed by atoms with Crippen molar-refractivity contribution in [3.8, 4) is 0 Å². The lowest BCUT2D eigenvalue weighted by Crippen LogP contribution is -2.46. The van der Waals surface area contributed by atoms with Crippen LogP contribution in [0.3, 0.4) is 0 Å². The predicted octanol–water partition coefficient (Wildman–Crippen LogP) is 2.39. The largest absolute Gasteiger partial charge is 0.305 e. The lowest BCUT2D eigenvalue weighted by molar-refractivity contribution is -0.144. The smallest absolute Gasteiger partial charge is 0.289 e. The van der Waals surface area contributed by atoms with E-state index < -0.39 is 11.7 Å². The quantitative estimate of drug-likeness (QED) is 0.683. The van der Waals surface area contributed by atoms with Gasteiger partial charge in [0, 0.05) is 26.3 Å². The number of benzene rings is 2. The Kier molecular flexibility index (Phi) is 5.16. The number of nitrogens with zero attached hydrogens (tertiary/aromatic N) is 1. The van der Waals surface area contributed by atoms with Gasteiger partial charge < -0.3 is 0 Å². The Morgan fingerprint density at radius 3 is 1.96 bits per heavy atom. The maximum absolute atomic E-state index is 12.7. The molecule has 0 saturated carbocycles. The molecule has 134 valence electrons. The molecule has 0 heterocycles. The molecule has 5 nitrogen and oxygen atoms in total. The maximum atomic E-state index is 12.7. The normalized spacial score (nSPS) is 13.2. The van der Waals surface area contributed by atoms with Gasteiger partial charge in [-0.3, -0.25) is 24.8 Å². The number of hydrogen-bond donors (Lipinski definition) is 1. The summed E-state index contributed by atoms with van der Waals surface area (Å²) in [5.41, 5.74) is 7.12. The van der Waals surface area contributed by atoms with Gasteiger partial charge in [-0.1, -0.05) is 48.5 Å². The van der Waals surface area contributed by atoms with Crippen molar-refractivity contribution in [2.24, 2.45) is 0 Å². The van der Waals surface area contributed by atoms with Crippen molar-refractivity contribution in [3.05, 3.63) is 70.8 Å². The summed E-state index contributed by atoms with van der Waals surface area (Å²) in [6.07, 6.45) is 2.10. The molecule has 2 aromatic carbocycles. The van der Waals surface area contributed by atoms with Crippen LogP contribution >= 0.6 is 0 Å². The Bertz CT molecular complexity index is 812. The fourth-order valence-electron chi connectivity index (χ4n) is 3.47. The molecule has 3 rings (SSSR count). The molecule has 0 aromatic heterocycles. The van der Waals surface area contributed by atoms with Crippen molar-refractivity contribution < 1.29 is 14.4 Å². The van der Waals surface area contributed by atoms with E-state index in [1.165, 1.54) is 25.1 Å². The van der Waals surface area contributed by atoms with Crippen LogP contribution in [0, 0.1) is 0 Å². The van der Waals surface area contributed by atoms with E-state index in [0.29, 0.717) is 0 Å². The predicted molar refractivity (Wildman–Crippen MR) is 98.3 cm³/mol. The van der Waals surface area contributed by atoms with Crippen molar-refractivity contribution in [1.82, 2.24) is 10.4 Å². The summed E-state index contributed by atoms with van der Waals surface area (Å²) in [4.78, 5) is 35.4. The van der Waals surface area contributed by atoms with Gasteiger partial charge in [0.15, 0.2) is 0 Å². The van der Waals surface area contributed by atoms with Crippen LogP contribution in [0.2, 0.25) is 0 Å². The van der Waals surface area contributed by atoms with E-state index in [9.17, 15) is 14.4 Å². The Labute approximate surface area is 153 Å². The van der Waals surface area contributed by atoms with E-state index in [2.05, 4.69) is 29.7 Å². The average molecular weight is 350 g/mol. The van der Waals surface area contributed by atoms with Gasteiger partial charge in [-0.15, -0.1) is 0 Å². The Balaban J connectivity index is 1.90. The van der Waals surface area contributed by atoms with Crippen LogP contribution in [0.15, 0.2) is 48.5 Å². The number of carbonyl (C=O) groups is 3. The average Bonchev–Trinajstić information content (AvgIpc) is 2.79. The third-order valence-electron chi connectivity index (χ3n) is 4.87. The molecule has 26 heavy (non-hydrogen) atoms. The van der Waals surface area contributed by atoms with Crippen LogP contribution in [0.5, 0.6) is 0 Å². The zero-order valence-corrected chi connectivity index (χ0v) is 15.0. The molecular weight excluding hydrogens is 328 g/mol. The summed E-state index contributed by atoms with van der Waals surface area (Å²) in [5.74, 6) is -1.73. The van der Waals surface area contributed by atoms with Gasteiger partial charge in [0.05, 0.1) is 0 Å². The highest BCUT2D eigenvalue weighted by Gasteiger charge is 2.27. The molecule has 0 unspecified atom stereocenters. The Hall–Kier alpha value is -2.95. The number of fused-ring (bicyclic) bond motifs is 2. The van der Waals surface area contributed by atoms with Gasteiger partial charge in [0.25, 0.3) is 0 Å². The molecule has 0 spiro atoms. The second-order valence-electron chi connectivity index (χ2n) is 6.60. The van der Waals surface area contributed by atoms with Crippen LogP contribution in [-0.2, 0) is 27.2 Å². The van der Waals surface area contributed by atoms with E-state index >= 15 is 0 Å². The molecule has 0 saturated heterocycles. The van der Waals surface area contributed by atoms with Gasteiger partial charge in [-0.2, -0.15) is 0 Å². The summed E-state index contributed by atoms with van der Waals surface area (Å²) in [6, 6.07) is 16.4. The number of nitrogens with one attached hydrogen (secondary N) is 1. The first-order chi connectivity index (χ1) is 12.5. The number of ketones is 1. The fourth-order valence-corrected chi connectivity index (χ4v) is 3.47. The number of aryl methyl sites for hydroxylation is 2. The lowest BCUT2D eigenvalue weighted by Gasteiger charge is -2.23. The van der Waals surface area contributed by atoms with Crippen molar-refractivity contribution in [2.45, 2.75) is 32.1 Å². The van der Waals surface area contributed by atoms with Gasteiger partial charge >= 0.3 is 5.91 Å². The van der Waals surface area contributed by atoms with Crippen LogP contribution in [-0.4, -0.2) is 29.7 Å². The molecule has 0 aliphatic heterocycles. The third kappa shape index (κ3) is 3.67. The minimum absolute atomic E-state index is 0.0749. The molecule has 2 aromatic rings. The standard InChI is InChI=1S/C21H22N2O3/c1-14(24)21(26)22-23(2)20(25)13-19-17-9-5-3-7-15(17)11-12-16-8-4-6-10-18(16)19/h3-10,19H,11-13H2,1-2H3,(H,22,26).